The molecule has 0 fully saturated rings. The van der Waals surface area contributed by atoms with Crippen molar-refractivity contribution >= 4 is 17.6 Å². The van der Waals surface area contributed by atoms with E-state index in [0.717, 1.165) is 19.1 Å². The average Bonchev–Trinajstić information content (AvgIpc) is 2.99. The van der Waals surface area contributed by atoms with Gasteiger partial charge in [0.2, 0.25) is 0 Å². The van der Waals surface area contributed by atoms with Crippen molar-refractivity contribution in [3.8, 4) is 0 Å². The van der Waals surface area contributed by atoms with E-state index in [1.165, 1.54) is 12.3 Å². The largest absolute Gasteiger partial charge is 0.459 e. The molecule has 138 valence electrons. The Bertz CT molecular complexity index is 896. The lowest BCUT2D eigenvalue weighted by molar-refractivity contribution is -0.117. The van der Waals surface area contributed by atoms with E-state index in [1.807, 2.05) is 0 Å². The number of nitrogens with one attached hydrogen (secondary N) is 2. The van der Waals surface area contributed by atoms with E-state index in [4.69, 9.17) is 5.73 Å². The number of carbonyl (C=O) groups excluding carboxylic acids is 1. The van der Waals surface area contributed by atoms with Crippen molar-refractivity contribution in [2.24, 2.45) is 10.7 Å². The molecule has 3 rings (SSSR count). The van der Waals surface area contributed by atoms with Gasteiger partial charge in [0.1, 0.15) is 11.5 Å². The predicted molar refractivity (Wildman–Crippen MR) is 87.6 cm³/mol. The number of hydrogen-bond acceptors (Lipinski definition) is 5. The van der Waals surface area contributed by atoms with Crippen LogP contribution in [0, 0.1) is 12.7 Å². The van der Waals surface area contributed by atoms with Crippen molar-refractivity contribution < 1.29 is 22.7 Å². The number of aromatic amines is 1. The summed E-state index contributed by atoms with van der Waals surface area (Å²) in [4.78, 5) is 15.9. The first kappa shape index (κ1) is 17.8. The first-order chi connectivity index (χ1) is 12.1. The number of benzene rings is 1. The Hall–Kier alpha value is -3.04. The molecule has 0 spiro atoms. The Morgan fingerprint density at radius 3 is 2.81 bits per heavy atom. The third-order valence-electron chi connectivity index (χ3n) is 4.25. The summed E-state index contributed by atoms with van der Waals surface area (Å²) in [5.41, 5.74) is 3.66. The van der Waals surface area contributed by atoms with Crippen LogP contribution in [0.4, 0.5) is 18.9 Å². The van der Waals surface area contributed by atoms with Gasteiger partial charge in [0, 0.05) is 11.3 Å². The van der Waals surface area contributed by atoms with Crippen molar-refractivity contribution in [2.45, 2.75) is 25.3 Å². The fourth-order valence-electron chi connectivity index (χ4n) is 2.64. The summed E-state index contributed by atoms with van der Waals surface area (Å²) in [6, 6.07) is 2.89. The summed E-state index contributed by atoms with van der Waals surface area (Å²) < 4.78 is 47.7. The summed E-state index contributed by atoms with van der Waals surface area (Å²) in [7, 11) is 0. The molecular formula is C16H16F3N5O2. The van der Waals surface area contributed by atoms with E-state index in [-0.39, 0.29) is 11.4 Å². The molecular weight excluding hydrogens is 351 g/mol. The van der Waals surface area contributed by atoms with Gasteiger partial charge in [-0.2, -0.15) is 13.9 Å². The Labute approximate surface area is 146 Å². The maximum atomic E-state index is 14.4. The van der Waals surface area contributed by atoms with Crippen LogP contribution in [-0.4, -0.2) is 34.7 Å². The van der Waals surface area contributed by atoms with Crippen molar-refractivity contribution in [1.29, 1.82) is 0 Å². The van der Waals surface area contributed by atoms with Gasteiger partial charge in [-0.1, -0.05) is 0 Å². The third-order valence-corrected chi connectivity index (χ3v) is 4.25. The van der Waals surface area contributed by atoms with Crippen LogP contribution in [-0.2, 0) is 10.3 Å². The minimum Gasteiger partial charge on any atom is -0.459 e. The molecule has 10 heteroatoms. The lowest BCUT2D eigenvalue weighted by atomic mass is 9.85. The number of H-pyrrole nitrogens is 1. The van der Waals surface area contributed by atoms with Crippen molar-refractivity contribution in [1.82, 2.24) is 10.2 Å². The molecule has 0 bridgehead atoms. The fourth-order valence-corrected chi connectivity index (χ4v) is 2.64. The lowest BCUT2D eigenvalue weighted by Gasteiger charge is -2.37. The topological polar surface area (TPSA) is 105 Å². The molecule has 7 nitrogen and oxygen atoms in total. The second kappa shape index (κ2) is 6.04. The highest BCUT2D eigenvalue weighted by molar-refractivity contribution is 6.03. The number of amides is 1. The summed E-state index contributed by atoms with van der Waals surface area (Å²) >= 11 is 0. The Balaban J connectivity index is 1.99. The molecule has 4 N–H and O–H groups in total. The van der Waals surface area contributed by atoms with Crippen molar-refractivity contribution in [3.05, 3.63) is 47.0 Å². The summed E-state index contributed by atoms with van der Waals surface area (Å²) in [6.45, 7) is 1.71. The number of anilines is 1. The monoisotopic (exact) mass is 367 g/mol. The van der Waals surface area contributed by atoms with E-state index in [9.17, 15) is 18.0 Å². The quantitative estimate of drug-likeness (QED) is 0.774. The van der Waals surface area contributed by atoms with Gasteiger partial charge in [0.15, 0.2) is 12.1 Å². The molecule has 1 aromatic heterocycles. The minimum absolute atomic E-state index is 0.123. The number of aryl methyl sites for hydroxylation is 1. The van der Waals surface area contributed by atoms with Crippen LogP contribution in [0.2, 0.25) is 0 Å². The molecule has 0 aliphatic carbocycles. The number of ether oxygens (including phenoxy) is 1. The maximum absolute atomic E-state index is 14.4. The first-order valence-corrected chi connectivity index (χ1v) is 7.61. The first-order valence-electron chi connectivity index (χ1n) is 7.61. The van der Waals surface area contributed by atoms with Crippen molar-refractivity contribution in [3.63, 3.8) is 0 Å². The lowest BCUT2D eigenvalue weighted by Crippen LogP contribution is -2.51. The Morgan fingerprint density at radius 1 is 1.42 bits per heavy atom. The zero-order valence-electron chi connectivity index (χ0n) is 13.9. The number of nitrogens with two attached hydrogens (primary N) is 1. The molecule has 0 saturated heterocycles. The zero-order chi connectivity index (χ0) is 19.1. The smallest absolute Gasteiger partial charge is 0.310 e. The van der Waals surface area contributed by atoms with Gasteiger partial charge >= 0.3 is 5.92 Å². The average molecular weight is 367 g/mol. The van der Waals surface area contributed by atoms with E-state index >= 15 is 0 Å². The third kappa shape index (κ3) is 2.87. The number of carbonyl (C=O) groups is 1. The number of rotatable bonds is 3. The van der Waals surface area contributed by atoms with Gasteiger partial charge in [-0.25, -0.2) is 9.38 Å². The van der Waals surface area contributed by atoms with Crippen LogP contribution in [0.3, 0.4) is 0 Å². The van der Waals surface area contributed by atoms with Gasteiger partial charge in [-0.15, -0.1) is 0 Å². The highest BCUT2D eigenvalue weighted by Gasteiger charge is 2.56. The van der Waals surface area contributed by atoms with E-state index in [0.29, 0.717) is 5.56 Å². The molecule has 1 aliphatic rings. The van der Waals surface area contributed by atoms with Gasteiger partial charge in [0.05, 0.1) is 6.20 Å². The van der Waals surface area contributed by atoms with Crippen LogP contribution in [0.25, 0.3) is 0 Å². The van der Waals surface area contributed by atoms with E-state index < -0.39 is 41.4 Å². The zero-order valence-corrected chi connectivity index (χ0v) is 13.9. The van der Waals surface area contributed by atoms with Gasteiger partial charge < -0.3 is 15.8 Å². The van der Waals surface area contributed by atoms with Gasteiger partial charge in [-0.3, -0.25) is 9.89 Å². The SMILES string of the molecule is Cc1cn[nH]c1C(=O)Nc1ccc(F)c([C@@]2(C)N=C(N)OCC2(F)F)c1. The molecule has 1 aliphatic heterocycles. The molecule has 0 unspecified atom stereocenters. The molecule has 1 atom stereocenters. The highest BCUT2D eigenvalue weighted by Crippen LogP contribution is 2.44. The molecule has 2 aromatic rings. The molecule has 0 radical (unpaired) electrons. The van der Waals surface area contributed by atoms with Crippen molar-refractivity contribution in [2.75, 3.05) is 11.9 Å². The van der Waals surface area contributed by atoms with Crippen LogP contribution >= 0.6 is 0 Å². The molecule has 1 aromatic carbocycles. The highest BCUT2D eigenvalue weighted by atomic mass is 19.3. The van der Waals surface area contributed by atoms with Crippen LogP contribution < -0.4 is 11.1 Å². The molecule has 0 saturated carbocycles. The second-order valence-corrected chi connectivity index (χ2v) is 6.09. The number of halogens is 3. The normalized spacial score (nSPS) is 21.7. The summed E-state index contributed by atoms with van der Waals surface area (Å²) in [5, 5.41) is 8.78. The molecule has 1 amide bonds. The standard InChI is InChI=1S/C16H16F3N5O2/c1-8-6-21-24-12(8)13(25)22-9-3-4-11(17)10(5-9)15(2)16(18,19)7-26-14(20)23-15/h3-6H,7H2,1-2H3,(H2,20,23)(H,21,24)(H,22,25)/t15-/m1/s1. The number of amidine groups is 1. The number of alkyl halides is 2. The van der Waals surface area contributed by atoms with E-state index in [2.05, 4.69) is 25.2 Å². The second-order valence-electron chi connectivity index (χ2n) is 6.09. The van der Waals surface area contributed by atoms with Gasteiger partial charge in [-0.05, 0) is 37.6 Å². The Morgan fingerprint density at radius 2 is 2.15 bits per heavy atom. The number of aliphatic imine (C=N–C) groups is 1. The minimum atomic E-state index is -3.50. The van der Waals surface area contributed by atoms with Gasteiger partial charge in [0.25, 0.3) is 11.9 Å². The maximum Gasteiger partial charge on any atom is 0.310 e. The Kier molecular flexibility index (Phi) is 4.13. The molecule has 2 heterocycles. The summed E-state index contributed by atoms with van der Waals surface area (Å²) in [6.07, 6.45) is 1.46. The van der Waals surface area contributed by atoms with Crippen LogP contribution in [0.5, 0.6) is 0 Å². The van der Waals surface area contributed by atoms with Crippen LogP contribution in [0.1, 0.15) is 28.5 Å². The van der Waals surface area contributed by atoms with E-state index in [1.54, 1.807) is 6.92 Å². The van der Waals surface area contributed by atoms with Crippen LogP contribution in [0.15, 0.2) is 29.4 Å². The summed E-state index contributed by atoms with van der Waals surface area (Å²) in [5.74, 6) is -4.94. The number of nitrogens with zero attached hydrogens (tertiary/aromatic N) is 2. The predicted octanol–water partition coefficient (Wildman–Crippen LogP) is 2.30. The number of hydrogen-bond donors (Lipinski definition) is 3. The number of aromatic nitrogens is 2. The fraction of sp³-hybridized carbons (Fsp3) is 0.312. The molecule has 26 heavy (non-hydrogen) atoms.